The molecule has 0 aliphatic rings. The monoisotopic (exact) mass is 456 g/mol. The second-order valence-electron chi connectivity index (χ2n) is 7.84. The number of carbonyl (C=O) groups excluding carboxylic acids is 1. The topological polar surface area (TPSA) is 99.3 Å². The summed E-state index contributed by atoms with van der Waals surface area (Å²) >= 11 is 0. The van der Waals surface area contributed by atoms with E-state index in [-0.39, 0.29) is 18.1 Å². The van der Waals surface area contributed by atoms with Crippen LogP contribution in [0.3, 0.4) is 0 Å². The Morgan fingerprint density at radius 2 is 1.68 bits per heavy atom. The summed E-state index contributed by atoms with van der Waals surface area (Å²) in [5.41, 5.74) is 3.99. The lowest BCUT2D eigenvalue weighted by Gasteiger charge is -2.09. The van der Waals surface area contributed by atoms with E-state index < -0.39 is 4.92 Å². The summed E-state index contributed by atoms with van der Waals surface area (Å²) in [6, 6.07) is 23.3. The van der Waals surface area contributed by atoms with Gasteiger partial charge in [0.05, 0.1) is 34.1 Å². The van der Waals surface area contributed by atoms with Crippen LogP contribution in [0.5, 0.6) is 5.75 Å². The van der Waals surface area contributed by atoms with Crippen molar-refractivity contribution in [3.8, 4) is 5.75 Å². The summed E-state index contributed by atoms with van der Waals surface area (Å²) in [7, 11) is 0. The smallest absolute Gasteiger partial charge is 0.274 e. The molecule has 0 saturated heterocycles. The molecule has 1 N–H and O–H groups in total. The molecule has 1 amide bonds. The van der Waals surface area contributed by atoms with Gasteiger partial charge in [-0.05, 0) is 43.7 Å². The van der Waals surface area contributed by atoms with Gasteiger partial charge in [-0.25, -0.2) is 0 Å². The van der Waals surface area contributed by atoms with Crippen LogP contribution in [-0.2, 0) is 13.2 Å². The molecular formula is C26H24N4O4. The van der Waals surface area contributed by atoms with Gasteiger partial charge in [0.15, 0.2) is 0 Å². The summed E-state index contributed by atoms with van der Waals surface area (Å²) in [4.78, 5) is 23.8. The highest BCUT2D eigenvalue weighted by atomic mass is 16.6. The number of anilines is 1. The summed E-state index contributed by atoms with van der Waals surface area (Å²) in [5.74, 6) is 0.528. The van der Waals surface area contributed by atoms with Crippen LogP contribution in [-0.4, -0.2) is 20.6 Å². The Morgan fingerprint density at radius 3 is 2.38 bits per heavy atom. The van der Waals surface area contributed by atoms with E-state index in [4.69, 9.17) is 4.74 Å². The third-order valence-electron chi connectivity index (χ3n) is 5.49. The molecule has 1 aromatic heterocycles. The zero-order valence-electron chi connectivity index (χ0n) is 18.9. The van der Waals surface area contributed by atoms with Crippen molar-refractivity contribution in [3.05, 3.63) is 117 Å². The van der Waals surface area contributed by atoms with Gasteiger partial charge in [-0.1, -0.05) is 48.5 Å². The largest absolute Gasteiger partial charge is 0.489 e. The first-order chi connectivity index (χ1) is 16.4. The molecule has 0 fully saturated rings. The van der Waals surface area contributed by atoms with Crippen molar-refractivity contribution >= 4 is 17.3 Å². The summed E-state index contributed by atoms with van der Waals surface area (Å²) in [5, 5.41) is 18.7. The highest BCUT2D eigenvalue weighted by Gasteiger charge is 2.18. The van der Waals surface area contributed by atoms with Crippen molar-refractivity contribution in [2.24, 2.45) is 0 Å². The molecular weight excluding hydrogens is 432 g/mol. The Morgan fingerprint density at radius 1 is 1.00 bits per heavy atom. The SMILES string of the molecule is Cc1nn(Cc2ccccc2[N+](=O)[O-])c(C)c1NC(=O)c1ccc(COc2ccccc2)cc1. The lowest BCUT2D eigenvalue weighted by Crippen LogP contribution is -2.13. The van der Waals surface area contributed by atoms with Gasteiger partial charge in [0.2, 0.25) is 0 Å². The minimum absolute atomic E-state index is 0.0389. The second kappa shape index (κ2) is 9.99. The molecule has 0 saturated carbocycles. The molecule has 0 atom stereocenters. The third kappa shape index (κ3) is 5.12. The molecule has 0 aliphatic heterocycles. The number of benzene rings is 3. The van der Waals surface area contributed by atoms with Gasteiger partial charge in [0.25, 0.3) is 11.6 Å². The summed E-state index contributed by atoms with van der Waals surface area (Å²) in [6.45, 7) is 4.26. The number of nitrogens with one attached hydrogen (secondary N) is 1. The number of nitro groups is 1. The number of amides is 1. The molecule has 0 radical (unpaired) electrons. The van der Waals surface area contributed by atoms with Crippen molar-refractivity contribution < 1.29 is 14.5 Å². The first-order valence-electron chi connectivity index (χ1n) is 10.8. The van der Waals surface area contributed by atoms with Crippen LogP contribution in [0.1, 0.15) is 32.9 Å². The Balaban J connectivity index is 1.44. The number of nitrogens with zero attached hydrogens (tertiary/aromatic N) is 3. The van der Waals surface area contributed by atoms with Crippen LogP contribution in [0.25, 0.3) is 0 Å². The first-order valence-corrected chi connectivity index (χ1v) is 10.8. The van der Waals surface area contributed by atoms with Crippen LogP contribution in [0.2, 0.25) is 0 Å². The maximum atomic E-state index is 12.9. The predicted molar refractivity (Wildman–Crippen MR) is 129 cm³/mol. The average molecular weight is 457 g/mol. The molecule has 8 nitrogen and oxygen atoms in total. The van der Waals surface area contributed by atoms with Crippen molar-refractivity contribution in [1.82, 2.24) is 9.78 Å². The van der Waals surface area contributed by atoms with Crippen molar-refractivity contribution in [1.29, 1.82) is 0 Å². The van der Waals surface area contributed by atoms with Gasteiger partial charge < -0.3 is 10.1 Å². The van der Waals surface area contributed by atoms with Crippen LogP contribution < -0.4 is 10.1 Å². The molecule has 172 valence electrons. The van der Waals surface area contributed by atoms with Gasteiger partial charge in [-0.3, -0.25) is 19.6 Å². The van der Waals surface area contributed by atoms with E-state index in [0.29, 0.717) is 29.1 Å². The molecule has 4 aromatic rings. The van der Waals surface area contributed by atoms with E-state index in [2.05, 4.69) is 10.4 Å². The van der Waals surface area contributed by atoms with Crippen molar-refractivity contribution in [2.45, 2.75) is 27.0 Å². The quantitative estimate of drug-likeness (QED) is 0.287. The molecule has 4 rings (SSSR count). The second-order valence-corrected chi connectivity index (χ2v) is 7.84. The van der Waals surface area contributed by atoms with E-state index in [9.17, 15) is 14.9 Å². The lowest BCUT2D eigenvalue weighted by molar-refractivity contribution is -0.385. The molecule has 34 heavy (non-hydrogen) atoms. The fraction of sp³-hybridized carbons (Fsp3) is 0.154. The van der Waals surface area contributed by atoms with E-state index in [1.807, 2.05) is 49.4 Å². The van der Waals surface area contributed by atoms with E-state index in [0.717, 1.165) is 17.0 Å². The molecule has 0 unspecified atom stereocenters. The van der Waals surface area contributed by atoms with Gasteiger partial charge in [-0.2, -0.15) is 5.10 Å². The minimum Gasteiger partial charge on any atom is -0.489 e. The van der Waals surface area contributed by atoms with E-state index in [1.165, 1.54) is 6.07 Å². The molecule has 0 spiro atoms. The van der Waals surface area contributed by atoms with Crippen molar-refractivity contribution in [3.63, 3.8) is 0 Å². The summed E-state index contributed by atoms with van der Waals surface area (Å²) in [6.07, 6.45) is 0. The maximum absolute atomic E-state index is 12.9. The van der Waals surface area contributed by atoms with Gasteiger partial charge in [0.1, 0.15) is 12.4 Å². The number of nitro benzene ring substituents is 1. The highest BCUT2D eigenvalue weighted by molar-refractivity contribution is 6.04. The standard InChI is InChI=1S/C26H24N4O4/c1-18-25(19(2)29(28-18)16-22-8-6-7-11-24(22)30(32)33)27-26(31)21-14-12-20(13-15-21)17-34-23-9-4-3-5-10-23/h3-15H,16-17H2,1-2H3,(H,27,31). The Bertz CT molecular complexity index is 1310. The molecule has 0 aliphatic carbocycles. The predicted octanol–water partition coefficient (Wildman–Crippen LogP) is 5.29. The number of hydrogen-bond donors (Lipinski definition) is 1. The normalized spacial score (nSPS) is 10.6. The molecule has 8 heteroatoms. The minimum atomic E-state index is -0.404. The number of rotatable bonds is 8. The highest BCUT2D eigenvalue weighted by Crippen LogP contribution is 2.24. The number of ether oxygens (including phenoxy) is 1. The Hall–Kier alpha value is -4.46. The van der Waals surface area contributed by atoms with Crippen LogP contribution in [0, 0.1) is 24.0 Å². The van der Waals surface area contributed by atoms with Crippen LogP contribution in [0.4, 0.5) is 11.4 Å². The number of aryl methyl sites for hydroxylation is 1. The number of para-hydroxylation sites is 2. The van der Waals surface area contributed by atoms with E-state index in [1.54, 1.807) is 41.9 Å². The Labute approximate surface area is 197 Å². The number of hydrogen-bond acceptors (Lipinski definition) is 5. The fourth-order valence-corrected chi connectivity index (χ4v) is 3.64. The zero-order chi connectivity index (χ0) is 24.1. The molecule has 0 bridgehead atoms. The summed E-state index contributed by atoms with van der Waals surface area (Å²) < 4.78 is 7.40. The number of carbonyl (C=O) groups is 1. The first kappa shape index (κ1) is 22.7. The molecule has 3 aromatic carbocycles. The van der Waals surface area contributed by atoms with Gasteiger partial charge in [0, 0.05) is 11.6 Å². The molecule has 1 heterocycles. The van der Waals surface area contributed by atoms with Crippen LogP contribution >= 0.6 is 0 Å². The average Bonchev–Trinajstić information content (AvgIpc) is 3.11. The fourth-order valence-electron chi connectivity index (χ4n) is 3.64. The van der Waals surface area contributed by atoms with Gasteiger partial charge >= 0.3 is 0 Å². The Kier molecular flexibility index (Phi) is 6.68. The zero-order valence-corrected chi connectivity index (χ0v) is 18.9. The number of aromatic nitrogens is 2. The third-order valence-corrected chi connectivity index (χ3v) is 5.49. The lowest BCUT2D eigenvalue weighted by atomic mass is 10.1. The van der Waals surface area contributed by atoms with Crippen LogP contribution in [0.15, 0.2) is 78.9 Å². The van der Waals surface area contributed by atoms with E-state index >= 15 is 0 Å². The van der Waals surface area contributed by atoms with Crippen molar-refractivity contribution in [2.75, 3.05) is 5.32 Å². The maximum Gasteiger partial charge on any atom is 0.274 e. The van der Waals surface area contributed by atoms with Gasteiger partial charge in [-0.15, -0.1) is 0 Å².